The molecule has 0 bridgehead atoms. The zero-order valence-electron chi connectivity index (χ0n) is 18.7. The van der Waals surface area contributed by atoms with Crippen LogP contribution in [0.1, 0.15) is 35.5 Å². The van der Waals surface area contributed by atoms with Gasteiger partial charge in [0.2, 0.25) is 0 Å². The number of rotatable bonds is 5. The van der Waals surface area contributed by atoms with Crippen LogP contribution in [-0.2, 0) is 4.74 Å². The van der Waals surface area contributed by atoms with Crippen LogP contribution >= 0.6 is 0 Å². The lowest BCUT2D eigenvalue weighted by atomic mass is 10.0. The molecule has 2 aromatic carbocycles. The summed E-state index contributed by atoms with van der Waals surface area (Å²) >= 11 is 0. The first-order valence-electron chi connectivity index (χ1n) is 10.6. The van der Waals surface area contributed by atoms with E-state index in [4.69, 9.17) is 9.73 Å². The number of nitrogens with zero attached hydrogens (tertiary/aromatic N) is 3. The smallest absolute Gasteiger partial charge is 0.358 e. The van der Waals surface area contributed by atoms with Gasteiger partial charge in [-0.2, -0.15) is 0 Å². The Morgan fingerprint density at radius 1 is 0.879 bits per heavy atom. The molecule has 166 valence electrons. The minimum absolute atomic E-state index is 0.0358. The largest absolute Gasteiger partial charge is 0.464 e. The van der Waals surface area contributed by atoms with Gasteiger partial charge in [0.1, 0.15) is 5.82 Å². The quantitative estimate of drug-likeness (QED) is 0.271. The van der Waals surface area contributed by atoms with Crippen molar-refractivity contribution in [3.05, 3.63) is 114 Å². The molecule has 4 rings (SSSR count). The second-order valence-electron chi connectivity index (χ2n) is 6.64. The number of hydrogen-bond acceptors (Lipinski definition) is 5. The lowest BCUT2D eigenvalue weighted by Gasteiger charge is -2.11. The minimum Gasteiger partial charge on any atom is -0.464 e. The third-order valence-electron chi connectivity index (χ3n) is 4.58. The predicted octanol–water partition coefficient (Wildman–Crippen LogP) is 6.26. The molecule has 0 aliphatic heterocycles. The molecule has 6 heteroatoms. The number of pyridine rings is 2. The average molecular weight is 442 g/mol. The maximum Gasteiger partial charge on any atom is 0.358 e. The van der Waals surface area contributed by atoms with E-state index < -0.39 is 11.8 Å². The Hall–Kier alpha value is -4.19. The molecule has 0 fully saturated rings. The monoisotopic (exact) mass is 441 g/mol. The third-order valence-corrected chi connectivity index (χ3v) is 4.58. The van der Waals surface area contributed by atoms with E-state index in [9.17, 15) is 9.18 Å². The van der Waals surface area contributed by atoms with Crippen LogP contribution in [0.15, 0.2) is 96.2 Å². The Bertz CT molecular complexity index is 1200. The topological polar surface area (TPSA) is 64.4 Å². The zero-order valence-corrected chi connectivity index (χ0v) is 18.7. The number of carbonyl (C=O) groups excluding carboxylic acids is 1. The highest BCUT2D eigenvalue weighted by Gasteiger charge is 2.17. The summed E-state index contributed by atoms with van der Waals surface area (Å²) in [6.07, 6.45) is 2.59. The van der Waals surface area contributed by atoms with Gasteiger partial charge in [-0.15, -0.1) is 0 Å². The Morgan fingerprint density at radius 2 is 1.48 bits per heavy atom. The van der Waals surface area contributed by atoms with Crippen molar-refractivity contribution in [3.63, 3.8) is 0 Å². The van der Waals surface area contributed by atoms with Crippen LogP contribution in [0.5, 0.6) is 0 Å². The third kappa shape index (κ3) is 5.74. The number of ether oxygens (including phenoxy) is 1. The number of esters is 1. The standard InChI is InChI=1S/C25H18FN3O2.C2H6/c1-31-25(30)24-22(13-12-21(28-24)19-14-20(26)16-27-15-19)29-23(17-8-4-2-5-9-17)18-10-6-3-7-11-18;1-2/h2-16H,1H3;1-2H3. The minimum atomic E-state index is -0.634. The lowest BCUT2D eigenvalue weighted by Crippen LogP contribution is -2.08. The number of methoxy groups -OCH3 is 1. The Kier molecular flexibility index (Phi) is 8.13. The normalized spacial score (nSPS) is 9.94. The van der Waals surface area contributed by atoms with E-state index in [-0.39, 0.29) is 5.69 Å². The van der Waals surface area contributed by atoms with Gasteiger partial charge in [-0.05, 0) is 18.2 Å². The zero-order chi connectivity index (χ0) is 23.6. The van der Waals surface area contributed by atoms with Crippen LogP contribution in [0.3, 0.4) is 0 Å². The van der Waals surface area contributed by atoms with E-state index in [1.807, 2.05) is 74.5 Å². The Labute approximate surface area is 192 Å². The average Bonchev–Trinajstić information content (AvgIpc) is 2.89. The fourth-order valence-electron chi connectivity index (χ4n) is 3.11. The van der Waals surface area contributed by atoms with Crippen LogP contribution in [0, 0.1) is 5.82 Å². The fourth-order valence-corrected chi connectivity index (χ4v) is 3.11. The highest BCUT2D eigenvalue weighted by Crippen LogP contribution is 2.26. The van der Waals surface area contributed by atoms with Crippen LogP contribution in [0.2, 0.25) is 0 Å². The van der Waals surface area contributed by atoms with E-state index in [1.54, 1.807) is 12.1 Å². The van der Waals surface area contributed by atoms with E-state index in [1.165, 1.54) is 19.4 Å². The van der Waals surface area contributed by atoms with E-state index in [0.717, 1.165) is 17.3 Å². The predicted molar refractivity (Wildman–Crippen MR) is 128 cm³/mol. The number of halogens is 1. The number of aliphatic imine (C=N–C) groups is 1. The molecule has 33 heavy (non-hydrogen) atoms. The Morgan fingerprint density at radius 3 is 2.03 bits per heavy atom. The van der Waals surface area contributed by atoms with Gasteiger partial charge in [-0.3, -0.25) is 4.98 Å². The number of carbonyl (C=O) groups is 1. The van der Waals surface area contributed by atoms with Crippen molar-refractivity contribution in [2.45, 2.75) is 13.8 Å². The van der Waals surface area contributed by atoms with Crippen molar-refractivity contribution in [1.29, 1.82) is 0 Å². The maximum absolute atomic E-state index is 13.6. The van der Waals surface area contributed by atoms with Gasteiger partial charge >= 0.3 is 5.97 Å². The molecule has 0 radical (unpaired) electrons. The van der Waals surface area contributed by atoms with Crippen molar-refractivity contribution in [3.8, 4) is 11.3 Å². The van der Waals surface area contributed by atoms with Gasteiger partial charge in [0.25, 0.3) is 0 Å². The summed E-state index contributed by atoms with van der Waals surface area (Å²) < 4.78 is 18.5. The van der Waals surface area contributed by atoms with Crippen LogP contribution < -0.4 is 0 Å². The highest BCUT2D eigenvalue weighted by molar-refractivity contribution is 6.14. The second-order valence-corrected chi connectivity index (χ2v) is 6.64. The second kappa shape index (κ2) is 11.4. The van der Waals surface area contributed by atoms with Crippen LogP contribution in [-0.4, -0.2) is 28.8 Å². The summed E-state index contributed by atoms with van der Waals surface area (Å²) in [7, 11) is 1.28. The van der Waals surface area contributed by atoms with E-state index in [0.29, 0.717) is 22.7 Å². The summed E-state index contributed by atoms with van der Waals surface area (Å²) in [6.45, 7) is 4.00. The van der Waals surface area contributed by atoms with Crippen LogP contribution in [0.4, 0.5) is 10.1 Å². The molecular formula is C27H24FN3O2. The van der Waals surface area contributed by atoms with Crippen molar-refractivity contribution in [2.75, 3.05) is 7.11 Å². The summed E-state index contributed by atoms with van der Waals surface area (Å²) in [5.41, 5.74) is 3.70. The van der Waals surface area contributed by atoms with Crippen LogP contribution in [0.25, 0.3) is 11.3 Å². The first kappa shape index (κ1) is 23.5. The van der Waals surface area contributed by atoms with E-state index in [2.05, 4.69) is 9.97 Å². The van der Waals surface area contributed by atoms with Gasteiger partial charge in [-0.25, -0.2) is 19.2 Å². The number of benzene rings is 2. The van der Waals surface area contributed by atoms with Crippen molar-refractivity contribution in [1.82, 2.24) is 9.97 Å². The summed E-state index contributed by atoms with van der Waals surface area (Å²) in [5, 5.41) is 0. The van der Waals surface area contributed by atoms with Crippen molar-refractivity contribution < 1.29 is 13.9 Å². The summed E-state index contributed by atoms with van der Waals surface area (Å²) in [5.74, 6) is -1.12. The van der Waals surface area contributed by atoms with Gasteiger partial charge in [-0.1, -0.05) is 74.5 Å². The Balaban J connectivity index is 0.00000149. The van der Waals surface area contributed by atoms with Gasteiger partial charge < -0.3 is 4.74 Å². The molecule has 2 heterocycles. The molecule has 0 saturated heterocycles. The molecule has 0 unspecified atom stereocenters. The molecule has 0 N–H and O–H groups in total. The van der Waals surface area contributed by atoms with Gasteiger partial charge in [0, 0.05) is 22.9 Å². The molecule has 4 aromatic rings. The SMILES string of the molecule is CC.COC(=O)c1nc(-c2cncc(F)c2)ccc1N=C(c1ccccc1)c1ccccc1. The highest BCUT2D eigenvalue weighted by atomic mass is 19.1. The molecule has 0 aliphatic rings. The van der Waals surface area contributed by atoms with Gasteiger partial charge in [0.05, 0.1) is 30.4 Å². The molecule has 0 atom stereocenters. The van der Waals surface area contributed by atoms with Gasteiger partial charge in [0.15, 0.2) is 5.69 Å². The molecule has 0 aliphatic carbocycles. The van der Waals surface area contributed by atoms with E-state index >= 15 is 0 Å². The van der Waals surface area contributed by atoms with Crippen molar-refractivity contribution >= 4 is 17.4 Å². The summed E-state index contributed by atoms with van der Waals surface area (Å²) in [6, 6.07) is 24.0. The molecule has 2 aromatic heterocycles. The molecule has 0 spiro atoms. The fraction of sp³-hybridized carbons (Fsp3) is 0.111. The molecule has 0 saturated carbocycles. The number of hydrogen-bond donors (Lipinski definition) is 0. The lowest BCUT2D eigenvalue weighted by molar-refractivity contribution is 0.0595. The van der Waals surface area contributed by atoms with Crippen molar-refractivity contribution in [2.24, 2.45) is 4.99 Å². The molecule has 0 amide bonds. The first-order valence-corrected chi connectivity index (χ1v) is 10.6. The molecule has 5 nitrogen and oxygen atoms in total. The first-order chi connectivity index (χ1) is 16.2. The summed E-state index contributed by atoms with van der Waals surface area (Å²) in [4.78, 5) is 25.5. The maximum atomic E-state index is 13.6. The number of aromatic nitrogens is 2. The molecular weight excluding hydrogens is 417 g/mol.